The minimum Gasteiger partial charge on any atom is -0.491 e. The molecule has 4 atom stereocenters. The smallest absolute Gasteiger partial charge is 0.317 e. The zero-order valence-electron chi connectivity index (χ0n) is 39.8. The molecule has 2 fully saturated rings. The lowest BCUT2D eigenvalue weighted by Gasteiger charge is -2.34. The highest BCUT2D eigenvalue weighted by Crippen LogP contribution is 2.16. The number of morpholine rings is 2. The van der Waals surface area contributed by atoms with Crippen LogP contribution in [0.5, 0.6) is 5.75 Å². The number of hydrazine groups is 1. The predicted octanol–water partition coefficient (Wildman–Crippen LogP) is 2.02. The Morgan fingerprint density at radius 2 is 1.23 bits per heavy atom. The first-order valence-electron chi connectivity index (χ1n) is 23.2. The molecule has 2 aliphatic rings. The summed E-state index contributed by atoms with van der Waals surface area (Å²) in [6, 6.07) is 13.6. The van der Waals surface area contributed by atoms with Crippen LogP contribution >= 0.6 is 0 Å². The summed E-state index contributed by atoms with van der Waals surface area (Å²) in [4.78, 5) is 62.9. The number of carbonyl (C=O) groups excluding carboxylic acids is 4. The molecule has 65 heavy (non-hydrogen) atoms. The lowest BCUT2D eigenvalue weighted by atomic mass is 9.98. The highest BCUT2D eigenvalue weighted by molar-refractivity contribution is 5.88. The van der Waals surface area contributed by atoms with Crippen LogP contribution in [0.4, 0.5) is 9.59 Å². The lowest BCUT2D eigenvalue weighted by Crippen LogP contribution is -2.60. The van der Waals surface area contributed by atoms with E-state index in [1.165, 1.54) is 0 Å². The Kier molecular flexibility index (Phi) is 23.2. The van der Waals surface area contributed by atoms with Crippen LogP contribution < -0.4 is 26.1 Å². The van der Waals surface area contributed by atoms with Crippen LogP contribution in [0, 0.1) is 11.8 Å². The van der Waals surface area contributed by atoms with Crippen LogP contribution in [-0.4, -0.2) is 197 Å². The van der Waals surface area contributed by atoms with E-state index in [0.29, 0.717) is 78.2 Å². The Morgan fingerprint density at radius 3 is 1.74 bits per heavy atom. The van der Waals surface area contributed by atoms with Crippen molar-refractivity contribution in [2.24, 2.45) is 11.8 Å². The number of hydrogen-bond acceptors (Lipinski definition) is 12. The van der Waals surface area contributed by atoms with Crippen LogP contribution in [0.1, 0.15) is 45.7 Å². The molecular formula is C47H77N9O9. The molecule has 2 saturated heterocycles. The number of likely N-dealkylation sites (N-methyl/N-ethyl adjacent to an activating group) is 2. The average molecular weight is 912 g/mol. The number of hydrogen-bond donors (Lipinski definition) is 5. The molecule has 0 aromatic heterocycles. The van der Waals surface area contributed by atoms with Crippen molar-refractivity contribution in [1.29, 1.82) is 0 Å². The van der Waals surface area contributed by atoms with Crippen molar-refractivity contribution >= 4 is 23.9 Å². The Bertz CT molecular complexity index is 1700. The Morgan fingerprint density at radius 1 is 0.708 bits per heavy atom. The SMILES string of the molecule is CCOCCOc1ccc(CN(CC(O)C(Cc2ccccc2)NC(=O)[C@@H](NC(=O)N(C)CCN2CCOCC2)C(C)C)NC(=O)[C@@H](NC(=O)N(C)CCN2CCOCC2)C(C)C)cc1. The summed E-state index contributed by atoms with van der Waals surface area (Å²) in [7, 11) is 3.42. The van der Waals surface area contributed by atoms with Gasteiger partial charge in [-0.1, -0.05) is 70.2 Å². The second kappa shape index (κ2) is 28.5. The fraction of sp³-hybridized carbons (Fsp3) is 0.660. The third-order valence-corrected chi connectivity index (χ3v) is 11.6. The summed E-state index contributed by atoms with van der Waals surface area (Å²) in [5, 5.41) is 22.7. The number of nitrogens with zero attached hydrogens (tertiary/aromatic N) is 5. The van der Waals surface area contributed by atoms with Gasteiger partial charge >= 0.3 is 12.1 Å². The van der Waals surface area contributed by atoms with Crippen molar-refractivity contribution in [1.82, 2.24) is 46.0 Å². The summed E-state index contributed by atoms with van der Waals surface area (Å²) in [6.45, 7) is 19.1. The van der Waals surface area contributed by atoms with Gasteiger partial charge in [-0.15, -0.1) is 0 Å². The van der Waals surface area contributed by atoms with Crippen LogP contribution in [0.2, 0.25) is 0 Å². The van der Waals surface area contributed by atoms with Crippen LogP contribution in [0.15, 0.2) is 54.6 Å². The zero-order chi connectivity index (χ0) is 47.1. The average Bonchev–Trinajstić information content (AvgIpc) is 3.30. The summed E-state index contributed by atoms with van der Waals surface area (Å²) in [6.07, 6.45) is -0.943. The number of rotatable bonds is 26. The van der Waals surface area contributed by atoms with Crippen molar-refractivity contribution in [3.05, 3.63) is 65.7 Å². The first-order chi connectivity index (χ1) is 31.2. The van der Waals surface area contributed by atoms with E-state index in [0.717, 1.165) is 37.3 Å². The number of benzene rings is 2. The van der Waals surface area contributed by atoms with Gasteiger partial charge < -0.3 is 49.8 Å². The molecule has 2 aromatic carbocycles. The summed E-state index contributed by atoms with van der Waals surface area (Å²) >= 11 is 0. The third kappa shape index (κ3) is 19.1. The molecule has 4 rings (SSSR count). The number of amides is 6. The maximum absolute atomic E-state index is 14.2. The van der Waals surface area contributed by atoms with E-state index in [9.17, 15) is 24.3 Å². The number of aliphatic hydroxyl groups is 1. The molecule has 5 N–H and O–H groups in total. The summed E-state index contributed by atoms with van der Waals surface area (Å²) in [5.41, 5.74) is 4.69. The molecule has 2 aromatic rings. The first kappa shape index (κ1) is 53.1. The number of urea groups is 2. The minimum atomic E-state index is -1.21. The molecule has 2 heterocycles. The number of nitrogens with one attached hydrogen (secondary N) is 4. The molecule has 0 saturated carbocycles. The molecule has 0 aliphatic carbocycles. The van der Waals surface area contributed by atoms with Gasteiger partial charge in [0, 0.05) is 86.1 Å². The van der Waals surface area contributed by atoms with E-state index in [-0.39, 0.29) is 43.4 Å². The van der Waals surface area contributed by atoms with E-state index >= 15 is 0 Å². The van der Waals surface area contributed by atoms with Gasteiger partial charge in [0.25, 0.3) is 5.91 Å². The maximum atomic E-state index is 14.2. The van der Waals surface area contributed by atoms with Crippen molar-refractivity contribution < 1.29 is 43.2 Å². The molecule has 2 unspecified atom stereocenters. The molecular weight excluding hydrogens is 835 g/mol. The van der Waals surface area contributed by atoms with Crippen molar-refractivity contribution in [3.63, 3.8) is 0 Å². The summed E-state index contributed by atoms with van der Waals surface area (Å²) in [5.74, 6) is -0.791. The van der Waals surface area contributed by atoms with E-state index in [4.69, 9.17) is 18.9 Å². The minimum absolute atomic E-state index is 0.0999. The topological polar surface area (TPSA) is 190 Å². The molecule has 0 radical (unpaired) electrons. The van der Waals surface area contributed by atoms with Crippen LogP contribution in [-0.2, 0) is 36.8 Å². The lowest BCUT2D eigenvalue weighted by molar-refractivity contribution is -0.131. The first-order valence-corrected chi connectivity index (χ1v) is 23.2. The molecule has 364 valence electrons. The fourth-order valence-electron chi connectivity index (χ4n) is 7.42. The van der Waals surface area contributed by atoms with Gasteiger partial charge in [0.05, 0.1) is 45.2 Å². The standard InChI is InChI=1S/C47H77N9O9/c1-8-62-30-31-65-39-16-14-38(15-17-39)33-56(51-45(59)43(36(4)5)50-47(61)53(7)19-21-55-24-28-64-29-25-55)34-41(57)40(32-37-12-10-9-11-13-37)48-44(58)42(35(2)3)49-46(60)52(6)18-20-54-22-26-63-27-23-54/h9-17,35-36,40-43,57H,8,18-34H2,1-7H3,(H,48,58)(H,49,60)(H,50,61)(H,51,59)/t40?,41?,42-,43-/m0/s1. The van der Waals surface area contributed by atoms with Gasteiger partial charge in [0.1, 0.15) is 24.4 Å². The second-order valence-electron chi connectivity index (χ2n) is 17.5. The van der Waals surface area contributed by atoms with Crippen molar-refractivity contribution in [2.45, 2.75) is 71.8 Å². The molecule has 0 bridgehead atoms. The second-order valence-corrected chi connectivity index (χ2v) is 17.5. The normalized spacial score (nSPS) is 16.7. The highest BCUT2D eigenvalue weighted by atomic mass is 16.5. The monoisotopic (exact) mass is 912 g/mol. The highest BCUT2D eigenvalue weighted by Gasteiger charge is 2.33. The van der Waals surface area contributed by atoms with Crippen LogP contribution in [0.3, 0.4) is 0 Å². The molecule has 18 nitrogen and oxygen atoms in total. The molecule has 18 heteroatoms. The van der Waals surface area contributed by atoms with Gasteiger partial charge in [0.15, 0.2) is 0 Å². The Balaban J connectivity index is 1.51. The quantitative estimate of drug-likeness (QED) is 0.0684. The van der Waals surface area contributed by atoms with E-state index in [1.54, 1.807) is 28.9 Å². The van der Waals surface area contributed by atoms with Gasteiger partial charge in [-0.25, -0.2) is 14.6 Å². The van der Waals surface area contributed by atoms with Gasteiger partial charge in [0.2, 0.25) is 5.91 Å². The van der Waals surface area contributed by atoms with E-state index in [1.807, 2.05) is 89.2 Å². The fourth-order valence-corrected chi connectivity index (χ4v) is 7.42. The maximum Gasteiger partial charge on any atom is 0.317 e. The van der Waals surface area contributed by atoms with Crippen molar-refractivity contribution in [2.75, 3.05) is 119 Å². The Labute approximate surface area is 386 Å². The van der Waals surface area contributed by atoms with Gasteiger partial charge in [-0.2, -0.15) is 0 Å². The largest absolute Gasteiger partial charge is 0.491 e. The molecule has 2 aliphatic heterocycles. The zero-order valence-corrected chi connectivity index (χ0v) is 39.8. The van der Waals surface area contributed by atoms with E-state index < -0.39 is 36.0 Å². The third-order valence-electron chi connectivity index (χ3n) is 11.6. The van der Waals surface area contributed by atoms with Gasteiger partial charge in [-0.05, 0) is 48.4 Å². The number of ether oxygens (including phenoxy) is 4. The number of aliphatic hydroxyl groups excluding tert-OH is 1. The summed E-state index contributed by atoms with van der Waals surface area (Å²) < 4.78 is 22.1. The molecule has 0 spiro atoms. The van der Waals surface area contributed by atoms with E-state index in [2.05, 4.69) is 31.2 Å². The van der Waals surface area contributed by atoms with Gasteiger partial charge in [-0.3, -0.25) is 24.8 Å². The Hall–Kier alpha value is -4.56. The van der Waals surface area contributed by atoms with Crippen molar-refractivity contribution in [3.8, 4) is 5.75 Å². The van der Waals surface area contributed by atoms with Crippen LogP contribution in [0.25, 0.3) is 0 Å². The predicted molar refractivity (Wildman–Crippen MR) is 249 cm³/mol. The molecule has 6 amide bonds. The number of carbonyl (C=O) groups is 4.